The van der Waals surface area contributed by atoms with Gasteiger partial charge in [0.15, 0.2) is 0 Å². The lowest BCUT2D eigenvalue weighted by molar-refractivity contribution is 0.376. The monoisotopic (exact) mass is 309 g/mol. The summed E-state index contributed by atoms with van der Waals surface area (Å²) in [5.41, 5.74) is 1.91. The van der Waals surface area contributed by atoms with Crippen LogP contribution in [-0.4, -0.2) is 24.3 Å². The van der Waals surface area contributed by atoms with Gasteiger partial charge in [-0.15, -0.1) is 0 Å². The average Bonchev–Trinajstić information content (AvgIpc) is 2.92. The van der Waals surface area contributed by atoms with Crippen molar-refractivity contribution in [1.82, 2.24) is 14.9 Å². The topological polar surface area (TPSA) is 85.1 Å². The smallest absolute Gasteiger partial charge is 0.242 e. The molecule has 0 saturated carbocycles. The molecule has 2 aromatic rings. The van der Waals surface area contributed by atoms with E-state index in [1.165, 1.54) is 0 Å². The molecule has 1 aromatic heterocycles. The van der Waals surface area contributed by atoms with Gasteiger partial charge in [0.2, 0.25) is 21.7 Å². The highest BCUT2D eigenvalue weighted by Gasteiger charge is 2.14. The number of benzene rings is 1. The molecular formula is C14H19N3O3S. The van der Waals surface area contributed by atoms with E-state index in [0.717, 1.165) is 17.5 Å². The Morgan fingerprint density at radius 1 is 1.29 bits per heavy atom. The van der Waals surface area contributed by atoms with Gasteiger partial charge in [-0.2, -0.15) is 4.98 Å². The second kappa shape index (κ2) is 6.82. The maximum Gasteiger partial charge on any atom is 0.242 e. The quantitative estimate of drug-likeness (QED) is 0.848. The lowest BCUT2D eigenvalue weighted by Gasteiger charge is -2.02. The number of hydrogen-bond donors (Lipinski definition) is 1. The zero-order valence-corrected chi connectivity index (χ0v) is 13.0. The van der Waals surface area contributed by atoms with Crippen molar-refractivity contribution in [3.05, 3.63) is 35.7 Å². The first-order valence-corrected chi connectivity index (χ1v) is 8.53. The molecule has 114 valence electrons. The number of aromatic nitrogens is 2. The van der Waals surface area contributed by atoms with Gasteiger partial charge in [0, 0.05) is 5.56 Å². The van der Waals surface area contributed by atoms with Crippen molar-refractivity contribution in [2.75, 3.05) is 5.75 Å². The first-order chi connectivity index (χ1) is 10.0. The summed E-state index contributed by atoms with van der Waals surface area (Å²) in [5.74, 6) is 0.839. The van der Waals surface area contributed by atoms with Gasteiger partial charge in [-0.3, -0.25) is 0 Å². The fraction of sp³-hybridized carbons (Fsp3) is 0.429. The zero-order valence-electron chi connectivity index (χ0n) is 12.2. The van der Waals surface area contributed by atoms with E-state index in [1.807, 2.05) is 38.1 Å². The van der Waals surface area contributed by atoms with Gasteiger partial charge >= 0.3 is 0 Å². The van der Waals surface area contributed by atoms with Crippen LogP contribution in [0.1, 0.15) is 31.2 Å². The van der Waals surface area contributed by atoms with Crippen LogP contribution in [0.5, 0.6) is 0 Å². The largest absolute Gasteiger partial charge is 0.338 e. The summed E-state index contributed by atoms with van der Waals surface area (Å²) in [6, 6.07) is 7.68. The number of rotatable bonds is 7. The zero-order chi connectivity index (χ0) is 15.3. The van der Waals surface area contributed by atoms with E-state index < -0.39 is 10.0 Å². The first kappa shape index (κ1) is 15.7. The Kier molecular flexibility index (Phi) is 5.08. The minimum Gasteiger partial charge on any atom is -0.338 e. The number of sulfonamides is 1. The van der Waals surface area contributed by atoms with Crippen molar-refractivity contribution in [1.29, 1.82) is 0 Å². The summed E-state index contributed by atoms with van der Waals surface area (Å²) in [6.07, 6.45) is 1.46. The minimum atomic E-state index is -3.28. The highest BCUT2D eigenvalue weighted by Crippen LogP contribution is 2.19. The minimum absolute atomic E-state index is 0.0188. The molecule has 7 heteroatoms. The predicted molar refractivity (Wildman–Crippen MR) is 80.0 cm³/mol. The Bertz CT molecular complexity index is 695. The summed E-state index contributed by atoms with van der Waals surface area (Å²) in [6.45, 7) is 3.92. The van der Waals surface area contributed by atoms with Crippen molar-refractivity contribution in [3.8, 4) is 11.4 Å². The number of unbranched alkanes of at least 4 members (excludes halogenated alkanes) is 1. The van der Waals surface area contributed by atoms with E-state index in [-0.39, 0.29) is 18.2 Å². The summed E-state index contributed by atoms with van der Waals surface area (Å²) in [4.78, 5) is 4.22. The molecule has 0 aliphatic heterocycles. The molecule has 1 N–H and O–H groups in total. The Balaban J connectivity index is 2.03. The maximum atomic E-state index is 11.7. The summed E-state index contributed by atoms with van der Waals surface area (Å²) in [5, 5.41) is 3.89. The standard InChI is InChI=1S/C14H19N3O3S/c1-3-4-9-21(18,19)15-10-13-16-14(17-20-13)12-8-6-5-7-11(12)2/h5-8,15H,3-4,9-10H2,1-2H3. The maximum absolute atomic E-state index is 11.7. The fourth-order valence-corrected chi connectivity index (χ4v) is 2.99. The van der Waals surface area contributed by atoms with Crippen molar-refractivity contribution in [2.45, 2.75) is 33.2 Å². The number of nitrogens with one attached hydrogen (secondary N) is 1. The van der Waals surface area contributed by atoms with Gasteiger partial charge in [-0.1, -0.05) is 42.8 Å². The molecule has 0 amide bonds. The van der Waals surface area contributed by atoms with Crippen LogP contribution in [0.4, 0.5) is 0 Å². The van der Waals surface area contributed by atoms with Crippen LogP contribution >= 0.6 is 0 Å². The van der Waals surface area contributed by atoms with E-state index >= 15 is 0 Å². The van der Waals surface area contributed by atoms with E-state index in [0.29, 0.717) is 12.2 Å². The van der Waals surface area contributed by atoms with Crippen LogP contribution in [0.2, 0.25) is 0 Å². The molecule has 1 heterocycles. The third-order valence-corrected chi connectivity index (χ3v) is 4.47. The van der Waals surface area contributed by atoms with Gasteiger partial charge in [-0.05, 0) is 18.9 Å². The molecule has 0 unspecified atom stereocenters. The number of hydrogen-bond acceptors (Lipinski definition) is 5. The van der Waals surface area contributed by atoms with Crippen molar-refractivity contribution in [2.24, 2.45) is 0 Å². The van der Waals surface area contributed by atoms with Crippen LogP contribution in [0.15, 0.2) is 28.8 Å². The number of aryl methyl sites for hydroxylation is 1. The van der Waals surface area contributed by atoms with Gasteiger partial charge < -0.3 is 4.52 Å². The Morgan fingerprint density at radius 3 is 2.76 bits per heavy atom. The van der Waals surface area contributed by atoms with Crippen molar-refractivity contribution < 1.29 is 12.9 Å². The first-order valence-electron chi connectivity index (χ1n) is 6.88. The second-order valence-electron chi connectivity index (χ2n) is 4.82. The van der Waals surface area contributed by atoms with Gasteiger partial charge in [0.05, 0.1) is 12.3 Å². The lowest BCUT2D eigenvalue weighted by Crippen LogP contribution is -2.26. The van der Waals surface area contributed by atoms with Crippen LogP contribution in [0, 0.1) is 6.92 Å². The molecule has 0 radical (unpaired) electrons. The molecule has 1 aromatic carbocycles. The summed E-state index contributed by atoms with van der Waals surface area (Å²) in [7, 11) is -3.28. The summed E-state index contributed by atoms with van der Waals surface area (Å²) >= 11 is 0. The Morgan fingerprint density at radius 2 is 2.05 bits per heavy atom. The molecule has 0 spiro atoms. The lowest BCUT2D eigenvalue weighted by atomic mass is 10.1. The average molecular weight is 309 g/mol. The van der Waals surface area contributed by atoms with Crippen LogP contribution in [0.3, 0.4) is 0 Å². The third-order valence-electron chi connectivity index (χ3n) is 3.06. The molecule has 0 aliphatic rings. The van der Waals surface area contributed by atoms with Crippen LogP contribution < -0.4 is 4.72 Å². The molecule has 0 bridgehead atoms. The number of nitrogens with zero attached hydrogens (tertiary/aromatic N) is 2. The normalized spacial score (nSPS) is 11.7. The van der Waals surface area contributed by atoms with E-state index in [1.54, 1.807) is 0 Å². The molecule has 0 atom stereocenters. The van der Waals surface area contributed by atoms with Gasteiger partial charge in [0.1, 0.15) is 0 Å². The SMILES string of the molecule is CCCCS(=O)(=O)NCc1nc(-c2ccccc2C)no1. The fourth-order valence-electron chi connectivity index (χ4n) is 1.84. The molecular weight excluding hydrogens is 290 g/mol. The van der Waals surface area contributed by atoms with E-state index in [9.17, 15) is 8.42 Å². The summed E-state index contributed by atoms with van der Waals surface area (Å²) < 4.78 is 30.9. The molecule has 6 nitrogen and oxygen atoms in total. The highest BCUT2D eigenvalue weighted by molar-refractivity contribution is 7.89. The van der Waals surface area contributed by atoms with E-state index in [2.05, 4.69) is 14.9 Å². The van der Waals surface area contributed by atoms with Crippen LogP contribution in [-0.2, 0) is 16.6 Å². The van der Waals surface area contributed by atoms with Crippen LogP contribution in [0.25, 0.3) is 11.4 Å². The molecule has 0 aliphatic carbocycles. The highest BCUT2D eigenvalue weighted by atomic mass is 32.2. The van der Waals surface area contributed by atoms with Crippen molar-refractivity contribution in [3.63, 3.8) is 0 Å². The van der Waals surface area contributed by atoms with Crippen molar-refractivity contribution >= 4 is 10.0 Å². The molecule has 0 fully saturated rings. The third kappa shape index (κ3) is 4.37. The predicted octanol–water partition coefficient (Wildman–Crippen LogP) is 2.26. The molecule has 0 saturated heterocycles. The Hall–Kier alpha value is -1.73. The molecule has 21 heavy (non-hydrogen) atoms. The molecule has 2 rings (SSSR count). The van der Waals surface area contributed by atoms with Gasteiger partial charge in [0.25, 0.3) is 0 Å². The van der Waals surface area contributed by atoms with Gasteiger partial charge in [-0.25, -0.2) is 13.1 Å². The second-order valence-corrected chi connectivity index (χ2v) is 6.75. The van der Waals surface area contributed by atoms with E-state index in [4.69, 9.17) is 4.52 Å². The Labute approximate surface area is 124 Å².